The normalized spacial score (nSPS) is 20.8. The van der Waals surface area contributed by atoms with Gasteiger partial charge in [-0.05, 0) is 19.3 Å². The Labute approximate surface area is 92.1 Å². The van der Waals surface area contributed by atoms with E-state index in [0.29, 0.717) is 12.3 Å². The van der Waals surface area contributed by atoms with Crippen LogP contribution in [0.25, 0.3) is 0 Å². The predicted octanol–water partition coefficient (Wildman–Crippen LogP) is 1.26. The molecule has 0 saturated carbocycles. The number of rotatable bonds is 1. The van der Waals surface area contributed by atoms with Crippen LogP contribution in [0.2, 0.25) is 0 Å². The fourth-order valence-corrected chi connectivity index (χ4v) is 2.02. The van der Waals surface area contributed by atoms with Gasteiger partial charge in [-0.25, -0.2) is 4.79 Å². The van der Waals surface area contributed by atoms with Crippen molar-refractivity contribution in [3.05, 3.63) is 22.2 Å². The molecule has 1 atom stereocenters. The van der Waals surface area contributed by atoms with Crippen LogP contribution in [0.4, 0.5) is 4.79 Å². The molecule has 1 aromatic rings. The Kier molecular flexibility index (Phi) is 2.98. The topological polar surface area (TPSA) is 75.5 Å². The average Bonchev–Trinajstić information content (AvgIpc) is 2.75. The summed E-state index contributed by atoms with van der Waals surface area (Å²) in [7, 11) is 1.35. The molecular weight excluding hydrogens is 212 g/mol. The van der Waals surface area contributed by atoms with Crippen LogP contribution in [0.3, 0.4) is 0 Å². The number of likely N-dealkylation sites (tertiary alicyclic amines) is 1. The number of H-pyrrole nitrogens is 1. The van der Waals surface area contributed by atoms with E-state index in [1.807, 2.05) is 0 Å². The van der Waals surface area contributed by atoms with Crippen molar-refractivity contribution < 1.29 is 14.1 Å². The van der Waals surface area contributed by atoms with Crippen LogP contribution in [0.5, 0.6) is 0 Å². The maximum absolute atomic E-state index is 11.5. The summed E-state index contributed by atoms with van der Waals surface area (Å²) in [5, 5.41) is 2.23. The Morgan fingerprint density at radius 2 is 2.44 bits per heavy atom. The summed E-state index contributed by atoms with van der Waals surface area (Å²) in [6.07, 6.45) is 2.36. The minimum Gasteiger partial charge on any atom is -0.453 e. The van der Waals surface area contributed by atoms with Gasteiger partial charge in [-0.2, -0.15) is 5.16 Å². The third-order valence-electron chi connectivity index (χ3n) is 2.78. The van der Waals surface area contributed by atoms with E-state index in [9.17, 15) is 9.59 Å². The fourth-order valence-electron chi connectivity index (χ4n) is 2.02. The smallest absolute Gasteiger partial charge is 0.410 e. The largest absolute Gasteiger partial charge is 0.453 e. The Balaban J connectivity index is 2.22. The van der Waals surface area contributed by atoms with Crippen LogP contribution in [-0.2, 0) is 4.74 Å². The van der Waals surface area contributed by atoms with Crippen molar-refractivity contribution in [2.24, 2.45) is 0 Å². The molecule has 1 unspecified atom stereocenters. The SMILES string of the molecule is COC(=O)N1CCCCC1c1cc(=O)[nH]o1. The first-order chi connectivity index (χ1) is 7.72. The molecule has 0 radical (unpaired) electrons. The summed E-state index contributed by atoms with van der Waals surface area (Å²) in [6.45, 7) is 0.631. The highest BCUT2D eigenvalue weighted by Crippen LogP contribution is 2.30. The summed E-state index contributed by atoms with van der Waals surface area (Å²) >= 11 is 0. The average molecular weight is 226 g/mol. The number of carbonyl (C=O) groups excluding carboxylic acids is 1. The van der Waals surface area contributed by atoms with Gasteiger partial charge in [0.05, 0.1) is 13.2 Å². The second-order valence-corrected chi connectivity index (χ2v) is 3.79. The van der Waals surface area contributed by atoms with Gasteiger partial charge in [-0.1, -0.05) is 0 Å². The van der Waals surface area contributed by atoms with Crippen LogP contribution < -0.4 is 5.56 Å². The molecule has 1 saturated heterocycles. The first kappa shape index (κ1) is 10.8. The van der Waals surface area contributed by atoms with Crippen molar-refractivity contribution in [1.82, 2.24) is 10.1 Å². The number of methoxy groups -OCH3 is 1. The number of amides is 1. The van der Waals surface area contributed by atoms with Crippen LogP contribution in [0.15, 0.2) is 15.4 Å². The number of nitrogens with one attached hydrogen (secondary N) is 1. The van der Waals surface area contributed by atoms with Crippen LogP contribution >= 0.6 is 0 Å². The highest BCUT2D eigenvalue weighted by atomic mass is 16.5. The molecule has 1 amide bonds. The Bertz CT molecular complexity index is 422. The third kappa shape index (κ3) is 1.95. The van der Waals surface area contributed by atoms with Gasteiger partial charge in [0.2, 0.25) is 0 Å². The Morgan fingerprint density at radius 3 is 3.06 bits per heavy atom. The van der Waals surface area contributed by atoms with Crippen LogP contribution in [0, 0.1) is 0 Å². The Hall–Kier alpha value is -1.72. The lowest BCUT2D eigenvalue weighted by Crippen LogP contribution is -2.38. The highest BCUT2D eigenvalue weighted by molar-refractivity contribution is 5.68. The molecule has 1 aromatic heterocycles. The summed E-state index contributed by atoms with van der Waals surface area (Å²) in [6, 6.07) is 1.19. The summed E-state index contributed by atoms with van der Waals surface area (Å²) in [5.74, 6) is 0.495. The van der Waals surface area contributed by atoms with Gasteiger partial charge in [0.1, 0.15) is 0 Å². The minimum absolute atomic E-state index is 0.194. The number of carbonyl (C=O) groups is 1. The first-order valence-electron chi connectivity index (χ1n) is 5.25. The molecule has 0 aliphatic carbocycles. The van der Waals surface area contributed by atoms with Crippen molar-refractivity contribution in [2.45, 2.75) is 25.3 Å². The molecule has 6 heteroatoms. The van der Waals surface area contributed by atoms with E-state index in [4.69, 9.17) is 9.26 Å². The molecule has 1 aliphatic rings. The second-order valence-electron chi connectivity index (χ2n) is 3.79. The lowest BCUT2D eigenvalue weighted by molar-refractivity contribution is 0.0802. The van der Waals surface area contributed by atoms with Crippen molar-refractivity contribution in [3.63, 3.8) is 0 Å². The van der Waals surface area contributed by atoms with Gasteiger partial charge in [0, 0.05) is 12.6 Å². The summed E-state index contributed by atoms with van der Waals surface area (Å²) < 4.78 is 9.75. The highest BCUT2D eigenvalue weighted by Gasteiger charge is 2.31. The molecule has 16 heavy (non-hydrogen) atoms. The van der Waals surface area contributed by atoms with Crippen molar-refractivity contribution in [2.75, 3.05) is 13.7 Å². The van der Waals surface area contributed by atoms with Gasteiger partial charge < -0.3 is 9.26 Å². The minimum atomic E-state index is -0.381. The quantitative estimate of drug-likeness (QED) is 0.782. The van der Waals surface area contributed by atoms with E-state index in [1.54, 1.807) is 4.90 Å². The molecule has 0 bridgehead atoms. The molecule has 0 spiro atoms. The first-order valence-corrected chi connectivity index (χ1v) is 5.25. The molecule has 1 N–H and O–H groups in total. The zero-order valence-electron chi connectivity index (χ0n) is 9.06. The maximum Gasteiger partial charge on any atom is 0.410 e. The number of piperidine rings is 1. The summed E-state index contributed by atoms with van der Waals surface area (Å²) in [5.41, 5.74) is -0.287. The fraction of sp³-hybridized carbons (Fsp3) is 0.600. The van der Waals surface area contributed by atoms with E-state index < -0.39 is 0 Å². The number of nitrogens with zero attached hydrogens (tertiary/aromatic N) is 1. The van der Waals surface area contributed by atoms with Crippen molar-refractivity contribution in [3.8, 4) is 0 Å². The zero-order valence-corrected chi connectivity index (χ0v) is 9.06. The molecular formula is C10H14N2O4. The van der Waals surface area contributed by atoms with Crippen molar-refractivity contribution in [1.29, 1.82) is 0 Å². The van der Waals surface area contributed by atoms with Gasteiger partial charge in [0.25, 0.3) is 5.56 Å². The molecule has 1 fully saturated rings. The van der Waals surface area contributed by atoms with Crippen LogP contribution in [0.1, 0.15) is 31.1 Å². The molecule has 88 valence electrons. The Morgan fingerprint density at radius 1 is 1.62 bits per heavy atom. The van der Waals surface area contributed by atoms with Gasteiger partial charge in [-0.3, -0.25) is 9.69 Å². The monoisotopic (exact) mass is 226 g/mol. The standard InChI is InChI=1S/C10H14N2O4/c1-15-10(14)12-5-3-2-4-7(12)8-6-9(13)11-16-8/h6-7H,2-5H2,1H3,(H,11,13). The van der Waals surface area contributed by atoms with E-state index in [1.165, 1.54) is 13.2 Å². The van der Waals surface area contributed by atoms with Crippen molar-refractivity contribution >= 4 is 6.09 Å². The zero-order chi connectivity index (χ0) is 11.5. The van der Waals surface area contributed by atoms with E-state index in [0.717, 1.165) is 19.3 Å². The number of aromatic nitrogens is 1. The third-order valence-corrected chi connectivity index (χ3v) is 2.78. The number of ether oxygens (including phenoxy) is 1. The summed E-state index contributed by atoms with van der Waals surface area (Å²) in [4.78, 5) is 24.1. The van der Waals surface area contributed by atoms with Crippen LogP contribution in [-0.4, -0.2) is 29.8 Å². The lowest BCUT2D eigenvalue weighted by atomic mass is 10.0. The van der Waals surface area contributed by atoms with Gasteiger partial charge in [0.15, 0.2) is 5.76 Å². The molecule has 2 rings (SSSR count). The van der Waals surface area contributed by atoms with Gasteiger partial charge >= 0.3 is 6.09 Å². The molecule has 2 heterocycles. The van der Waals surface area contributed by atoms with E-state index in [-0.39, 0.29) is 17.7 Å². The van der Waals surface area contributed by atoms with Gasteiger partial charge in [-0.15, -0.1) is 0 Å². The molecule has 1 aliphatic heterocycles. The second kappa shape index (κ2) is 4.42. The number of aromatic amines is 1. The maximum atomic E-state index is 11.5. The predicted molar refractivity (Wildman–Crippen MR) is 55.0 cm³/mol. The molecule has 6 nitrogen and oxygen atoms in total. The molecule has 0 aromatic carbocycles. The van der Waals surface area contributed by atoms with E-state index in [2.05, 4.69) is 5.16 Å². The lowest BCUT2D eigenvalue weighted by Gasteiger charge is -2.32. The number of hydrogen-bond acceptors (Lipinski definition) is 4. The number of hydrogen-bond donors (Lipinski definition) is 1. The van der Waals surface area contributed by atoms with E-state index >= 15 is 0 Å².